The Hall–Kier alpha value is -1.67. The summed E-state index contributed by atoms with van der Waals surface area (Å²) < 4.78 is 40.8. The Morgan fingerprint density at radius 2 is 1.38 bits per heavy atom. The molecule has 0 radical (unpaired) electrons. The first kappa shape index (κ1) is 20.6. The Bertz CT molecular complexity index is 994. The summed E-state index contributed by atoms with van der Waals surface area (Å²) in [5, 5.41) is 0. The third kappa shape index (κ3) is 3.77. The van der Waals surface area contributed by atoms with E-state index in [0.717, 1.165) is 29.4 Å². The van der Waals surface area contributed by atoms with E-state index in [1.54, 1.807) is 12.1 Å². The van der Waals surface area contributed by atoms with Crippen LogP contribution < -0.4 is 10.2 Å². The Morgan fingerprint density at radius 3 is 1.86 bits per heavy atom. The monoisotopic (exact) mass is 413 g/mol. The molecule has 2 aliphatic rings. The van der Waals surface area contributed by atoms with Gasteiger partial charge in [-0.3, -0.25) is 0 Å². The highest BCUT2D eigenvalue weighted by molar-refractivity contribution is 7.89. The highest BCUT2D eigenvalue weighted by Crippen LogP contribution is 2.46. The molecule has 1 aliphatic heterocycles. The van der Waals surface area contributed by atoms with Crippen molar-refractivity contribution >= 4 is 22.6 Å². The first-order valence-corrected chi connectivity index (χ1v) is 11.5. The van der Waals surface area contributed by atoms with E-state index in [4.69, 9.17) is 9.31 Å². The van der Waals surface area contributed by atoms with E-state index >= 15 is 0 Å². The van der Waals surface area contributed by atoms with Crippen molar-refractivity contribution in [3.63, 3.8) is 0 Å². The van der Waals surface area contributed by atoms with Gasteiger partial charge in [-0.2, -0.15) is 0 Å². The quantitative estimate of drug-likeness (QED) is 0.765. The van der Waals surface area contributed by atoms with Crippen LogP contribution in [0.25, 0.3) is 0 Å². The summed E-state index contributed by atoms with van der Waals surface area (Å²) in [7, 11) is -4.00. The largest absolute Gasteiger partial charge is 0.494 e. The number of nitrogens with one attached hydrogen (secondary N) is 1. The molecule has 1 saturated carbocycles. The van der Waals surface area contributed by atoms with Crippen LogP contribution >= 0.6 is 0 Å². The van der Waals surface area contributed by atoms with Gasteiger partial charge >= 0.3 is 7.12 Å². The van der Waals surface area contributed by atoms with Crippen molar-refractivity contribution in [1.82, 2.24) is 4.72 Å². The zero-order valence-corrected chi connectivity index (χ0v) is 18.5. The molecule has 5 nitrogen and oxygen atoms in total. The van der Waals surface area contributed by atoms with Crippen LogP contribution in [-0.4, -0.2) is 26.7 Å². The van der Waals surface area contributed by atoms with Crippen LogP contribution in [0, 0.1) is 6.92 Å². The zero-order valence-electron chi connectivity index (χ0n) is 17.7. The van der Waals surface area contributed by atoms with E-state index < -0.39 is 33.9 Å². The van der Waals surface area contributed by atoms with E-state index in [1.807, 2.05) is 71.0 Å². The maximum atomic E-state index is 12.8. The molecule has 2 aromatic rings. The molecule has 29 heavy (non-hydrogen) atoms. The van der Waals surface area contributed by atoms with Crippen molar-refractivity contribution in [3.05, 3.63) is 59.7 Å². The Labute approximate surface area is 174 Å². The molecule has 0 bridgehead atoms. The minimum Gasteiger partial charge on any atom is -0.399 e. The molecule has 0 unspecified atom stereocenters. The fourth-order valence-corrected chi connectivity index (χ4v) is 5.00. The molecular weight excluding hydrogens is 385 g/mol. The van der Waals surface area contributed by atoms with Gasteiger partial charge in [-0.15, -0.1) is 0 Å². The van der Waals surface area contributed by atoms with E-state index in [1.165, 1.54) is 0 Å². The lowest BCUT2D eigenvalue weighted by Crippen LogP contribution is -2.41. The number of hydrogen-bond acceptors (Lipinski definition) is 4. The smallest absolute Gasteiger partial charge is 0.399 e. The Morgan fingerprint density at radius 1 is 0.862 bits per heavy atom. The van der Waals surface area contributed by atoms with Gasteiger partial charge in [0.2, 0.25) is 10.0 Å². The van der Waals surface area contributed by atoms with E-state index in [-0.39, 0.29) is 0 Å². The second-order valence-corrected chi connectivity index (χ2v) is 10.9. The second-order valence-electron chi connectivity index (χ2n) is 9.21. The first-order chi connectivity index (χ1) is 13.4. The molecule has 4 rings (SSSR count). The highest BCUT2D eigenvalue weighted by Gasteiger charge is 2.52. The Kier molecular flexibility index (Phi) is 4.74. The average molecular weight is 413 g/mol. The first-order valence-electron chi connectivity index (χ1n) is 10.0. The van der Waals surface area contributed by atoms with Gasteiger partial charge in [-0.1, -0.05) is 42.0 Å². The van der Waals surface area contributed by atoms with Gasteiger partial charge in [0.25, 0.3) is 0 Å². The lowest BCUT2D eigenvalue weighted by Gasteiger charge is -2.32. The number of aryl methyl sites for hydroxylation is 1. The summed E-state index contributed by atoms with van der Waals surface area (Å²) >= 11 is 0. The van der Waals surface area contributed by atoms with Crippen molar-refractivity contribution in [2.75, 3.05) is 0 Å². The van der Waals surface area contributed by atoms with Gasteiger partial charge in [0.05, 0.1) is 21.6 Å². The minimum absolute atomic E-state index is 0.295. The van der Waals surface area contributed by atoms with Crippen LogP contribution in [-0.2, 0) is 24.9 Å². The normalized spacial score (nSPS) is 21.9. The van der Waals surface area contributed by atoms with E-state index in [9.17, 15) is 8.42 Å². The number of rotatable bonds is 5. The van der Waals surface area contributed by atoms with Crippen LogP contribution in [0.4, 0.5) is 0 Å². The predicted molar refractivity (Wildman–Crippen MR) is 115 cm³/mol. The van der Waals surface area contributed by atoms with Gasteiger partial charge in [0.15, 0.2) is 0 Å². The summed E-state index contributed by atoms with van der Waals surface area (Å²) in [5.74, 6) is 0. The summed E-state index contributed by atoms with van der Waals surface area (Å²) in [6, 6.07) is 14.8. The molecule has 2 aromatic carbocycles. The molecule has 154 valence electrons. The van der Waals surface area contributed by atoms with Gasteiger partial charge in [0.1, 0.15) is 0 Å². The topological polar surface area (TPSA) is 64.6 Å². The average Bonchev–Trinajstić information content (AvgIpc) is 3.36. The molecule has 1 aliphatic carbocycles. The lowest BCUT2D eigenvalue weighted by molar-refractivity contribution is 0.00578. The molecule has 7 heteroatoms. The minimum atomic E-state index is -3.58. The molecule has 0 aromatic heterocycles. The SMILES string of the molecule is Cc1ccc(S(=O)(=O)NC2(c3ccc(B4OC(C)(C)C(C)(C)O4)cc3)CC2)cc1. The molecule has 0 amide bonds. The second kappa shape index (κ2) is 6.67. The molecule has 1 saturated heterocycles. The Balaban J connectivity index is 1.53. The maximum absolute atomic E-state index is 12.8. The zero-order chi connectivity index (χ0) is 21.1. The van der Waals surface area contributed by atoms with Crippen molar-refractivity contribution in [1.29, 1.82) is 0 Å². The van der Waals surface area contributed by atoms with Crippen molar-refractivity contribution in [3.8, 4) is 0 Å². The predicted octanol–water partition coefficient (Wildman–Crippen LogP) is 3.26. The maximum Gasteiger partial charge on any atom is 0.494 e. The summed E-state index contributed by atoms with van der Waals surface area (Å²) in [6.45, 7) is 10.1. The summed E-state index contributed by atoms with van der Waals surface area (Å²) in [6.07, 6.45) is 1.57. The summed E-state index contributed by atoms with van der Waals surface area (Å²) in [4.78, 5) is 0.295. The number of hydrogen-bond donors (Lipinski definition) is 1. The van der Waals surface area contributed by atoms with Gasteiger partial charge in [-0.25, -0.2) is 13.1 Å². The molecule has 1 heterocycles. The van der Waals surface area contributed by atoms with E-state index in [0.29, 0.717) is 4.90 Å². The highest BCUT2D eigenvalue weighted by atomic mass is 32.2. The van der Waals surface area contributed by atoms with Gasteiger partial charge in [0, 0.05) is 0 Å². The molecule has 2 fully saturated rings. The molecule has 0 spiro atoms. The fourth-order valence-electron chi connectivity index (χ4n) is 3.55. The van der Waals surface area contributed by atoms with Gasteiger partial charge in [-0.05, 0) is 70.6 Å². The number of sulfonamides is 1. The third-order valence-electron chi connectivity index (χ3n) is 6.40. The van der Waals surface area contributed by atoms with Crippen LogP contribution in [0.1, 0.15) is 51.7 Å². The van der Waals surface area contributed by atoms with Crippen molar-refractivity contribution in [2.24, 2.45) is 0 Å². The van der Waals surface area contributed by atoms with Crippen LogP contribution in [0.15, 0.2) is 53.4 Å². The van der Waals surface area contributed by atoms with Crippen LogP contribution in [0.3, 0.4) is 0 Å². The molecule has 0 atom stereocenters. The van der Waals surface area contributed by atoms with Gasteiger partial charge < -0.3 is 9.31 Å². The molecular formula is C22H28BNO4S. The number of benzene rings is 2. The van der Waals surface area contributed by atoms with E-state index in [2.05, 4.69) is 4.72 Å². The standard InChI is InChI=1S/C22H28BNO4S/c1-16-6-12-19(13-7-16)29(25,26)24-22(14-15-22)17-8-10-18(11-9-17)23-27-20(2,3)21(4,5)28-23/h6-13,24H,14-15H2,1-5H3. The van der Waals surface area contributed by atoms with Crippen molar-refractivity contribution in [2.45, 2.75) is 69.1 Å². The lowest BCUT2D eigenvalue weighted by atomic mass is 9.78. The third-order valence-corrected chi connectivity index (χ3v) is 7.95. The molecule has 1 N–H and O–H groups in total. The van der Waals surface area contributed by atoms with Crippen LogP contribution in [0.2, 0.25) is 0 Å². The van der Waals surface area contributed by atoms with Crippen LogP contribution in [0.5, 0.6) is 0 Å². The fraction of sp³-hybridized carbons (Fsp3) is 0.455. The van der Waals surface area contributed by atoms with Crippen molar-refractivity contribution < 1.29 is 17.7 Å². The summed E-state index contributed by atoms with van der Waals surface area (Å²) in [5.41, 5.74) is 1.62.